The molecule has 0 aliphatic heterocycles. The first-order valence-electron chi connectivity index (χ1n) is 5.78. The van der Waals surface area contributed by atoms with Gasteiger partial charge in [0.25, 0.3) is 0 Å². The quantitative estimate of drug-likeness (QED) is 0.692. The Kier molecular flexibility index (Phi) is 7.68. The average molecular weight is 275 g/mol. The fraction of sp³-hybridized carbons (Fsp3) is 0.583. The normalized spacial score (nSPS) is 10.8. The van der Waals surface area contributed by atoms with E-state index in [1.54, 1.807) is 7.11 Å². The van der Waals surface area contributed by atoms with Crippen LogP contribution in [-0.2, 0) is 20.6 Å². The molecule has 1 aromatic rings. The van der Waals surface area contributed by atoms with Crippen molar-refractivity contribution in [1.29, 1.82) is 0 Å². The van der Waals surface area contributed by atoms with Crippen molar-refractivity contribution in [2.45, 2.75) is 6.42 Å². The third-order valence-corrected chi connectivity index (χ3v) is 2.49. The molecule has 0 radical (unpaired) electrons. The Morgan fingerprint density at radius 3 is 2.56 bits per heavy atom. The summed E-state index contributed by atoms with van der Waals surface area (Å²) in [5.41, 5.74) is 6.63. The van der Waals surface area contributed by atoms with Crippen molar-refractivity contribution in [3.8, 4) is 0 Å². The maximum Gasteiger partial charge on any atom is 0.126 e. The van der Waals surface area contributed by atoms with Crippen molar-refractivity contribution < 1.29 is 14.2 Å². The Hall–Kier alpha value is -0.880. The minimum absolute atomic E-state index is 0.499. The molecule has 0 spiro atoms. The smallest absolute Gasteiger partial charge is 0.126 e. The van der Waals surface area contributed by atoms with Gasteiger partial charge >= 0.3 is 0 Å². The summed E-state index contributed by atoms with van der Waals surface area (Å²) in [7, 11) is 1.64. The lowest BCUT2D eigenvalue weighted by Gasteiger charge is -2.07. The lowest BCUT2D eigenvalue weighted by atomic mass is 10.2. The monoisotopic (exact) mass is 274 g/mol. The fourth-order valence-electron chi connectivity index (χ4n) is 1.34. The zero-order valence-corrected chi connectivity index (χ0v) is 11.3. The first-order chi connectivity index (χ1) is 8.74. The lowest BCUT2D eigenvalue weighted by Crippen LogP contribution is -2.10. The van der Waals surface area contributed by atoms with E-state index < -0.39 is 0 Å². The van der Waals surface area contributed by atoms with Crippen molar-refractivity contribution in [3.05, 3.63) is 22.8 Å². The summed E-state index contributed by atoms with van der Waals surface area (Å²) in [5, 5.41) is 0.585. The largest absolute Gasteiger partial charge is 0.383 e. The fourth-order valence-corrected chi connectivity index (χ4v) is 1.52. The Balaban J connectivity index is 2.09. The van der Waals surface area contributed by atoms with E-state index in [-0.39, 0.29) is 0 Å². The maximum atomic E-state index is 5.84. The van der Waals surface area contributed by atoms with Crippen LogP contribution in [0.2, 0.25) is 5.02 Å². The molecule has 0 saturated heterocycles. The van der Waals surface area contributed by atoms with Crippen LogP contribution in [0, 0.1) is 0 Å². The van der Waals surface area contributed by atoms with E-state index in [2.05, 4.69) is 4.98 Å². The van der Waals surface area contributed by atoms with E-state index >= 15 is 0 Å². The predicted octanol–water partition coefficient (Wildman–Crippen LogP) is 1.54. The molecule has 102 valence electrons. The lowest BCUT2D eigenvalue weighted by molar-refractivity contribution is 0.0256. The molecule has 0 aliphatic rings. The number of hydrogen-bond acceptors (Lipinski definition) is 5. The van der Waals surface area contributed by atoms with Gasteiger partial charge < -0.3 is 19.9 Å². The number of rotatable bonds is 9. The van der Waals surface area contributed by atoms with Crippen molar-refractivity contribution in [2.75, 3.05) is 45.9 Å². The van der Waals surface area contributed by atoms with Crippen LogP contribution in [0.15, 0.2) is 12.3 Å². The van der Waals surface area contributed by atoms with Crippen molar-refractivity contribution in [1.82, 2.24) is 4.98 Å². The molecule has 0 unspecified atom stereocenters. The van der Waals surface area contributed by atoms with Gasteiger partial charge in [-0.3, -0.25) is 0 Å². The highest BCUT2D eigenvalue weighted by Gasteiger charge is 2.01. The second kappa shape index (κ2) is 9.10. The van der Waals surface area contributed by atoms with Gasteiger partial charge in [0.05, 0.1) is 38.1 Å². The van der Waals surface area contributed by atoms with E-state index in [0.29, 0.717) is 50.3 Å². The highest BCUT2D eigenvalue weighted by molar-refractivity contribution is 6.30. The number of aromatic nitrogens is 1. The molecule has 0 bridgehead atoms. The molecular formula is C12H19ClN2O3. The molecule has 5 nitrogen and oxygen atoms in total. The Morgan fingerprint density at radius 2 is 1.83 bits per heavy atom. The SMILES string of the molecule is COCCOCCOCCc1cc(Cl)cnc1N. The van der Waals surface area contributed by atoms with Gasteiger partial charge in [-0.05, 0) is 18.1 Å². The molecule has 0 atom stereocenters. The molecule has 2 N–H and O–H groups in total. The first-order valence-corrected chi connectivity index (χ1v) is 6.16. The number of nitrogen functional groups attached to an aromatic ring is 1. The summed E-state index contributed by atoms with van der Waals surface area (Å²) < 4.78 is 15.5. The third kappa shape index (κ3) is 6.16. The Morgan fingerprint density at radius 1 is 1.17 bits per heavy atom. The molecule has 1 aromatic heterocycles. The van der Waals surface area contributed by atoms with Gasteiger partial charge in [-0.2, -0.15) is 0 Å². The van der Waals surface area contributed by atoms with Crippen LogP contribution in [0.3, 0.4) is 0 Å². The topological polar surface area (TPSA) is 66.6 Å². The van der Waals surface area contributed by atoms with Gasteiger partial charge in [0.15, 0.2) is 0 Å². The summed E-state index contributed by atoms with van der Waals surface area (Å²) in [6.07, 6.45) is 2.22. The first kappa shape index (κ1) is 15.2. The van der Waals surface area contributed by atoms with Gasteiger partial charge in [0, 0.05) is 13.3 Å². The summed E-state index contributed by atoms with van der Waals surface area (Å²) in [6, 6.07) is 1.81. The second-order valence-electron chi connectivity index (χ2n) is 3.67. The van der Waals surface area contributed by atoms with Gasteiger partial charge in [0.2, 0.25) is 0 Å². The Bertz CT molecular complexity index is 350. The van der Waals surface area contributed by atoms with Crippen molar-refractivity contribution in [3.63, 3.8) is 0 Å². The van der Waals surface area contributed by atoms with E-state index in [1.165, 1.54) is 6.20 Å². The molecule has 18 heavy (non-hydrogen) atoms. The van der Waals surface area contributed by atoms with Gasteiger partial charge in [-0.25, -0.2) is 4.98 Å². The number of nitrogens with two attached hydrogens (primary N) is 1. The molecule has 0 aliphatic carbocycles. The van der Waals surface area contributed by atoms with Crippen molar-refractivity contribution in [2.24, 2.45) is 0 Å². The van der Waals surface area contributed by atoms with E-state index in [0.717, 1.165) is 5.56 Å². The average Bonchev–Trinajstić information content (AvgIpc) is 2.36. The standard InChI is InChI=1S/C12H19ClN2O3/c1-16-4-5-18-7-6-17-3-2-10-8-11(13)9-15-12(10)14/h8-9H,2-7H2,1H3,(H2,14,15). The summed E-state index contributed by atoms with van der Waals surface area (Å²) >= 11 is 5.84. The van der Waals surface area contributed by atoms with Crippen LogP contribution in [0.4, 0.5) is 5.82 Å². The zero-order chi connectivity index (χ0) is 13.2. The number of pyridine rings is 1. The second-order valence-corrected chi connectivity index (χ2v) is 4.10. The molecule has 0 fully saturated rings. The Labute approximate surface area is 112 Å². The zero-order valence-electron chi connectivity index (χ0n) is 10.5. The summed E-state index contributed by atoms with van der Waals surface area (Å²) in [6.45, 7) is 2.87. The van der Waals surface area contributed by atoms with Crippen LogP contribution in [0.25, 0.3) is 0 Å². The van der Waals surface area contributed by atoms with Gasteiger partial charge in [0.1, 0.15) is 5.82 Å². The van der Waals surface area contributed by atoms with Crippen LogP contribution >= 0.6 is 11.6 Å². The van der Waals surface area contributed by atoms with Crippen LogP contribution in [0.5, 0.6) is 0 Å². The van der Waals surface area contributed by atoms with Gasteiger partial charge in [-0.15, -0.1) is 0 Å². The number of hydrogen-bond donors (Lipinski definition) is 1. The molecule has 0 saturated carbocycles. The highest BCUT2D eigenvalue weighted by Crippen LogP contribution is 2.15. The number of anilines is 1. The summed E-state index contributed by atoms with van der Waals surface area (Å²) in [5.74, 6) is 0.499. The predicted molar refractivity (Wildman–Crippen MR) is 70.9 cm³/mol. The third-order valence-electron chi connectivity index (χ3n) is 2.29. The number of ether oxygens (including phenoxy) is 3. The van der Waals surface area contributed by atoms with Crippen LogP contribution < -0.4 is 5.73 Å². The van der Waals surface area contributed by atoms with Crippen molar-refractivity contribution >= 4 is 17.4 Å². The molecule has 0 amide bonds. The van der Waals surface area contributed by atoms with E-state index in [9.17, 15) is 0 Å². The number of nitrogens with zero attached hydrogens (tertiary/aromatic N) is 1. The van der Waals surface area contributed by atoms with Crippen LogP contribution in [0.1, 0.15) is 5.56 Å². The summed E-state index contributed by atoms with van der Waals surface area (Å²) in [4.78, 5) is 3.98. The number of methoxy groups -OCH3 is 1. The van der Waals surface area contributed by atoms with E-state index in [4.69, 9.17) is 31.5 Å². The van der Waals surface area contributed by atoms with E-state index in [1.807, 2.05) is 6.07 Å². The molecular weight excluding hydrogens is 256 g/mol. The van der Waals surface area contributed by atoms with Crippen LogP contribution in [-0.4, -0.2) is 45.1 Å². The number of halogens is 1. The minimum Gasteiger partial charge on any atom is -0.383 e. The molecule has 1 rings (SSSR count). The highest BCUT2D eigenvalue weighted by atomic mass is 35.5. The molecule has 1 heterocycles. The van der Waals surface area contributed by atoms with Gasteiger partial charge in [-0.1, -0.05) is 11.6 Å². The molecule has 6 heteroatoms. The minimum atomic E-state index is 0.499. The maximum absolute atomic E-state index is 5.84. The molecule has 0 aromatic carbocycles.